The number of ether oxygens (including phenoxy) is 1. The topological polar surface area (TPSA) is 124 Å². The number of β-amino-alcohol motifs (C(OH)–C–C–N with tert-alkyl or cyclic N) is 1. The van der Waals surface area contributed by atoms with Crippen LogP contribution in [-0.2, 0) is 23.9 Å². The number of likely N-dealkylation sites (tertiary alicyclic amines) is 2. The van der Waals surface area contributed by atoms with Gasteiger partial charge in [-0.05, 0) is 0 Å². The normalized spacial score (nSPS) is 28.9. The molecular weight excluding hydrogens is 468 g/mol. The highest BCUT2D eigenvalue weighted by molar-refractivity contribution is 9.09. The molecule has 0 aliphatic carbocycles. The highest BCUT2D eigenvalue weighted by Gasteiger charge is 2.44. The molecule has 0 saturated carbocycles. The van der Waals surface area contributed by atoms with Gasteiger partial charge in [0, 0.05) is 19.4 Å². The number of carboxylic acid groups (broad SMARTS) is 1. The minimum atomic E-state index is -1.17. The van der Waals surface area contributed by atoms with Crippen molar-refractivity contribution in [2.75, 3.05) is 23.7 Å². The van der Waals surface area contributed by atoms with E-state index in [0.29, 0.717) is 0 Å². The Kier molecular flexibility index (Phi) is 6.80. The average molecular weight is 486 g/mol. The number of carboxylic acids is 1. The van der Waals surface area contributed by atoms with Gasteiger partial charge in [-0.2, -0.15) is 0 Å². The summed E-state index contributed by atoms with van der Waals surface area (Å²) < 4.78 is 5.34. The zero-order valence-electron chi connectivity index (χ0n) is 13.1. The molecule has 2 heterocycles. The van der Waals surface area contributed by atoms with Crippen LogP contribution in [-0.4, -0.2) is 91.8 Å². The zero-order chi connectivity index (χ0) is 18.7. The van der Waals surface area contributed by atoms with Gasteiger partial charge in [0.15, 0.2) is 0 Å². The lowest BCUT2D eigenvalue weighted by molar-refractivity contribution is -0.157. The third-order valence-electron chi connectivity index (χ3n) is 4.25. The lowest BCUT2D eigenvalue weighted by atomic mass is 10.2. The standard InChI is InChI=1S/C14H18Br2N2O7/c15-3-11(20)17-5-7(19)1-10(17)14(24)25-8-2-9(13(22)23)18(6-8)12(21)4-16/h7-10,19H,1-6H2,(H,22,23)/t7-,8-,9-,10-/m1/s1. The molecule has 2 aliphatic rings. The number of aliphatic hydroxyl groups excluding tert-OH is 1. The molecule has 0 bridgehead atoms. The van der Waals surface area contributed by atoms with Crippen molar-refractivity contribution in [2.24, 2.45) is 0 Å². The molecule has 2 aliphatic heterocycles. The van der Waals surface area contributed by atoms with Crippen LogP contribution in [0, 0.1) is 0 Å². The fourth-order valence-corrected chi connectivity index (χ4v) is 3.75. The molecule has 0 aromatic heterocycles. The van der Waals surface area contributed by atoms with Gasteiger partial charge in [0.05, 0.1) is 23.3 Å². The molecule has 2 amide bonds. The number of aliphatic hydroxyl groups is 1. The fraction of sp³-hybridized carbons (Fsp3) is 0.714. The minimum absolute atomic E-state index is 0.0124. The summed E-state index contributed by atoms with van der Waals surface area (Å²) in [6.45, 7) is 0.0234. The largest absolute Gasteiger partial charge is 0.480 e. The van der Waals surface area contributed by atoms with E-state index in [1.165, 1.54) is 4.90 Å². The molecule has 25 heavy (non-hydrogen) atoms. The first-order valence-corrected chi connectivity index (χ1v) is 9.85. The molecule has 2 rings (SSSR count). The molecule has 0 aromatic carbocycles. The predicted molar refractivity (Wildman–Crippen MR) is 91.3 cm³/mol. The Balaban J connectivity index is 2.04. The smallest absolute Gasteiger partial charge is 0.329 e. The van der Waals surface area contributed by atoms with E-state index in [9.17, 15) is 29.4 Å². The number of esters is 1. The molecule has 2 fully saturated rings. The lowest BCUT2D eigenvalue weighted by Gasteiger charge is -2.23. The van der Waals surface area contributed by atoms with E-state index in [1.54, 1.807) is 0 Å². The molecule has 0 aromatic rings. The van der Waals surface area contributed by atoms with E-state index in [1.807, 2.05) is 0 Å². The van der Waals surface area contributed by atoms with E-state index in [0.717, 1.165) is 4.90 Å². The zero-order valence-corrected chi connectivity index (χ0v) is 16.3. The molecule has 2 N–H and O–H groups in total. The maximum atomic E-state index is 12.4. The summed E-state index contributed by atoms with van der Waals surface area (Å²) in [5, 5.41) is 19.0. The maximum Gasteiger partial charge on any atom is 0.329 e. The number of carbonyl (C=O) groups excluding carboxylic acids is 3. The van der Waals surface area contributed by atoms with E-state index in [-0.39, 0.29) is 42.5 Å². The Morgan fingerprint density at radius 3 is 2.04 bits per heavy atom. The van der Waals surface area contributed by atoms with Gasteiger partial charge >= 0.3 is 11.9 Å². The van der Waals surface area contributed by atoms with Crippen LogP contribution in [0.3, 0.4) is 0 Å². The fourth-order valence-electron chi connectivity index (χ4n) is 3.10. The van der Waals surface area contributed by atoms with Gasteiger partial charge in [0.2, 0.25) is 11.8 Å². The maximum absolute atomic E-state index is 12.4. The SMILES string of the molecule is O=C(O)[C@H]1C[C@@H](OC(=O)[C@H]2C[C@@H](O)CN2C(=O)CBr)CN1C(=O)CBr. The molecule has 140 valence electrons. The molecule has 0 radical (unpaired) electrons. The number of halogens is 2. The number of hydrogen-bond acceptors (Lipinski definition) is 6. The van der Waals surface area contributed by atoms with Crippen LogP contribution in [0.1, 0.15) is 12.8 Å². The highest BCUT2D eigenvalue weighted by Crippen LogP contribution is 2.25. The van der Waals surface area contributed by atoms with E-state index < -0.39 is 42.1 Å². The monoisotopic (exact) mass is 484 g/mol. The Morgan fingerprint density at radius 1 is 0.960 bits per heavy atom. The number of hydrogen-bond donors (Lipinski definition) is 2. The second-order valence-electron chi connectivity index (χ2n) is 5.91. The molecule has 4 atom stereocenters. The van der Waals surface area contributed by atoms with Gasteiger partial charge in [-0.15, -0.1) is 0 Å². The Labute approximate surface area is 160 Å². The third kappa shape index (κ3) is 4.50. The van der Waals surface area contributed by atoms with E-state index >= 15 is 0 Å². The first-order chi connectivity index (χ1) is 11.8. The first kappa shape index (κ1) is 20.1. The van der Waals surface area contributed by atoms with Crippen molar-refractivity contribution in [1.82, 2.24) is 9.80 Å². The van der Waals surface area contributed by atoms with Crippen LogP contribution >= 0.6 is 31.9 Å². The first-order valence-electron chi connectivity index (χ1n) is 7.60. The summed E-state index contributed by atoms with van der Waals surface area (Å²) >= 11 is 6.02. The van der Waals surface area contributed by atoms with Crippen LogP contribution in [0.25, 0.3) is 0 Å². The van der Waals surface area contributed by atoms with Crippen LogP contribution in [0.15, 0.2) is 0 Å². The molecule has 2 saturated heterocycles. The number of carbonyl (C=O) groups is 4. The third-order valence-corrected chi connectivity index (χ3v) is 5.21. The Bertz CT molecular complexity index is 573. The van der Waals surface area contributed by atoms with Crippen molar-refractivity contribution in [2.45, 2.75) is 37.1 Å². The van der Waals surface area contributed by atoms with Crippen molar-refractivity contribution in [3.05, 3.63) is 0 Å². The van der Waals surface area contributed by atoms with Gasteiger partial charge in [-0.25, -0.2) is 9.59 Å². The summed E-state index contributed by atoms with van der Waals surface area (Å²) in [5.74, 6) is -2.61. The number of rotatable bonds is 5. The summed E-state index contributed by atoms with van der Waals surface area (Å²) in [5.41, 5.74) is 0. The summed E-state index contributed by atoms with van der Waals surface area (Å²) in [7, 11) is 0. The Morgan fingerprint density at radius 2 is 1.52 bits per heavy atom. The number of nitrogens with zero attached hydrogens (tertiary/aromatic N) is 2. The van der Waals surface area contributed by atoms with Crippen molar-refractivity contribution in [1.29, 1.82) is 0 Å². The molecule has 0 spiro atoms. The summed E-state index contributed by atoms with van der Waals surface area (Å²) in [6.07, 6.45) is -1.53. The number of aliphatic carboxylic acids is 1. The lowest BCUT2D eigenvalue weighted by Crippen LogP contribution is -2.43. The van der Waals surface area contributed by atoms with Crippen molar-refractivity contribution < 1.29 is 34.1 Å². The van der Waals surface area contributed by atoms with Gasteiger partial charge in [-0.1, -0.05) is 31.9 Å². The summed E-state index contributed by atoms with van der Waals surface area (Å²) in [6, 6.07) is -1.97. The van der Waals surface area contributed by atoms with Gasteiger partial charge in [0.1, 0.15) is 18.2 Å². The second-order valence-corrected chi connectivity index (χ2v) is 7.03. The van der Waals surface area contributed by atoms with Gasteiger partial charge < -0.3 is 24.7 Å². The summed E-state index contributed by atoms with van der Waals surface area (Å²) in [4.78, 5) is 49.8. The van der Waals surface area contributed by atoms with E-state index in [2.05, 4.69) is 31.9 Å². The quantitative estimate of drug-likeness (QED) is 0.391. The van der Waals surface area contributed by atoms with Gasteiger partial charge in [-0.3, -0.25) is 9.59 Å². The van der Waals surface area contributed by atoms with Crippen molar-refractivity contribution >= 4 is 55.6 Å². The Hall–Kier alpha value is -1.20. The van der Waals surface area contributed by atoms with Crippen LogP contribution in [0.2, 0.25) is 0 Å². The van der Waals surface area contributed by atoms with Crippen LogP contribution < -0.4 is 0 Å². The second kappa shape index (κ2) is 8.45. The molecular formula is C14H18Br2N2O7. The molecule has 9 nitrogen and oxygen atoms in total. The van der Waals surface area contributed by atoms with Crippen molar-refractivity contribution in [3.8, 4) is 0 Å². The molecule has 0 unspecified atom stereocenters. The minimum Gasteiger partial charge on any atom is -0.480 e. The van der Waals surface area contributed by atoms with Gasteiger partial charge in [0.25, 0.3) is 0 Å². The number of alkyl halides is 2. The van der Waals surface area contributed by atoms with Crippen molar-refractivity contribution in [3.63, 3.8) is 0 Å². The predicted octanol–water partition coefficient (Wildman–Crippen LogP) is -0.665. The highest BCUT2D eigenvalue weighted by atomic mass is 79.9. The number of amides is 2. The molecule has 11 heteroatoms. The average Bonchev–Trinajstić information content (AvgIpc) is 3.17. The van der Waals surface area contributed by atoms with E-state index in [4.69, 9.17) is 4.74 Å². The van der Waals surface area contributed by atoms with Crippen LogP contribution in [0.5, 0.6) is 0 Å². The van der Waals surface area contributed by atoms with Crippen LogP contribution in [0.4, 0.5) is 0 Å².